The zero-order valence-electron chi connectivity index (χ0n) is 10.9. The minimum absolute atomic E-state index is 0.154. The maximum absolute atomic E-state index is 11.8. The summed E-state index contributed by atoms with van der Waals surface area (Å²) in [5.74, 6) is 0.154. The van der Waals surface area contributed by atoms with Crippen molar-refractivity contribution in [3.63, 3.8) is 0 Å². The van der Waals surface area contributed by atoms with Crippen molar-refractivity contribution in [3.8, 4) is 0 Å². The third-order valence-corrected chi connectivity index (χ3v) is 4.18. The first-order valence-electron chi connectivity index (χ1n) is 6.22. The molecular weight excluding hydrogens is 292 g/mol. The predicted molar refractivity (Wildman–Crippen MR) is 76.2 cm³/mol. The minimum atomic E-state index is -0.232. The summed E-state index contributed by atoms with van der Waals surface area (Å²) in [4.78, 5) is 14.2. The number of carbonyl (C=O) groups is 1. The van der Waals surface area contributed by atoms with Crippen molar-refractivity contribution < 1.29 is 4.79 Å². The largest absolute Gasteiger partial charge is 0.359 e. The minimum Gasteiger partial charge on any atom is -0.359 e. The molecule has 0 saturated carbocycles. The van der Waals surface area contributed by atoms with E-state index >= 15 is 0 Å². The number of nitrogens with one attached hydrogen (secondary N) is 1. The summed E-state index contributed by atoms with van der Waals surface area (Å²) in [6, 6.07) is 8.37. The van der Waals surface area contributed by atoms with Gasteiger partial charge in [-0.05, 0) is 37.6 Å². The number of benzene rings is 1. The van der Waals surface area contributed by atoms with Crippen molar-refractivity contribution in [3.05, 3.63) is 34.3 Å². The molecule has 0 spiro atoms. The summed E-state index contributed by atoms with van der Waals surface area (Å²) in [6.45, 7) is 4.79. The maximum atomic E-state index is 11.8. The lowest BCUT2D eigenvalue weighted by atomic mass is 9.89. The molecule has 1 fully saturated rings. The fraction of sp³-hybridized carbons (Fsp3) is 0.500. The van der Waals surface area contributed by atoms with Gasteiger partial charge < -0.3 is 5.32 Å². The van der Waals surface area contributed by atoms with Crippen LogP contribution in [0.15, 0.2) is 28.7 Å². The van der Waals surface area contributed by atoms with Gasteiger partial charge in [0, 0.05) is 24.6 Å². The molecule has 0 bridgehead atoms. The van der Waals surface area contributed by atoms with Crippen LogP contribution >= 0.6 is 15.9 Å². The van der Waals surface area contributed by atoms with E-state index in [-0.39, 0.29) is 11.3 Å². The van der Waals surface area contributed by atoms with Crippen LogP contribution in [0.3, 0.4) is 0 Å². The van der Waals surface area contributed by atoms with Gasteiger partial charge in [-0.2, -0.15) is 0 Å². The molecule has 2 rings (SSSR count). The number of likely N-dealkylation sites (tertiary alicyclic amines) is 1. The molecule has 1 aromatic carbocycles. The van der Waals surface area contributed by atoms with Crippen molar-refractivity contribution in [1.82, 2.24) is 10.2 Å². The Balaban J connectivity index is 1.97. The predicted octanol–water partition coefficient (Wildman–Crippen LogP) is 2.41. The van der Waals surface area contributed by atoms with Crippen LogP contribution in [0.5, 0.6) is 0 Å². The first kappa shape index (κ1) is 13.6. The molecule has 98 valence electrons. The summed E-state index contributed by atoms with van der Waals surface area (Å²) >= 11 is 3.44. The molecule has 3 nitrogen and oxygen atoms in total. The molecule has 1 saturated heterocycles. The Kier molecular flexibility index (Phi) is 4.07. The van der Waals surface area contributed by atoms with E-state index in [0.29, 0.717) is 0 Å². The van der Waals surface area contributed by atoms with Crippen LogP contribution in [-0.4, -0.2) is 30.9 Å². The highest BCUT2D eigenvalue weighted by molar-refractivity contribution is 9.10. The summed E-state index contributed by atoms with van der Waals surface area (Å²) in [6.07, 6.45) is 0.934. The molecular formula is C14H19BrN2O. The number of nitrogens with zero attached hydrogens (tertiary/aromatic N) is 1. The van der Waals surface area contributed by atoms with Gasteiger partial charge in [0.05, 0.1) is 5.41 Å². The van der Waals surface area contributed by atoms with Crippen LogP contribution in [0.25, 0.3) is 0 Å². The SMILES string of the molecule is CNC(=O)C1(C)CCN(Cc2ccc(Br)cc2)C1. The lowest BCUT2D eigenvalue weighted by Gasteiger charge is -2.22. The van der Waals surface area contributed by atoms with Gasteiger partial charge >= 0.3 is 0 Å². The van der Waals surface area contributed by atoms with Gasteiger partial charge in [0.15, 0.2) is 0 Å². The Morgan fingerprint density at radius 1 is 1.44 bits per heavy atom. The highest BCUT2D eigenvalue weighted by atomic mass is 79.9. The lowest BCUT2D eigenvalue weighted by Crippen LogP contribution is -2.39. The zero-order chi connectivity index (χ0) is 13.2. The van der Waals surface area contributed by atoms with E-state index < -0.39 is 0 Å². The summed E-state index contributed by atoms with van der Waals surface area (Å²) in [7, 11) is 1.71. The van der Waals surface area contributed by atoms with E-state index in [1.807, 2.05) is 6.92 Å². The third-order valence-electron chi connectivity index (χ3n) is 3.65. The molecule has 0 aliphatic carbocycles. The number of halogens is 1. The van der Waals surface area contributed by atoms with E-state index in [1.165, 1.54) is 5.56 Å². The average molecular weight is 311 g/mol. The van der Waals surface area contributed by atoms with E-state index in [1.54, 1.807) is 7.05 Å². The normalized spacial score (nSPS) is 24.2. The smallest absolute Gasteiger partial charge is 0.227 e. The van der Waals surface area contributed by atoms with E-state index in [4.69, 9.17) is 0 Å². The fourth-order valence-corrected chi connectivity index (χ4v) is 2.79. The van der Waals surface area contributed by atoms with Crippen molar-refractivity contribution in [2.24, 2.45) is 5.41 Å². The quantitative estimate of drug-likeness (QED) is 0.930. The molecule has 1 amide bonds. The molecule has 4 heteroatoms. The second-order valence-corrected chi connectivity index (χ2v) is 6.14. The van der Waals surface area contributed by atoms with Crippen LogP contribution in [0.4, 0.5) is 0 Å². The molecule has 1 atom stereocenters. The first-order valence-corrected chi connectivity index (χ1v) is 7.02. The number of hydrogen-bond acceptors (Lipinski definition) is 2. The molecule has 1 aliphatic heterocycles. The average Bonchev–Trinajstić information content (AvgIpc) is 2.74. The number of rotatable bonds is 3. The Bertz CT molecular complexity index is 432. The van der Waals surface area contributed by atoms with E-state index in [0.717, 1.165) is 30.5 Å². The Morgan fingerprint density at radius 2 is 2.11 bits per heavy atom. The highest BCUT2D eigenvalue weighted by Gasteiger charge is 2.39. The van der Waals surface area contributed by atoms with Crippen molar-refractivity contribution in [2.75, 3.05) is 20.1 Å². The lowest BCUT2D eigenvalue weighted by molar-refractivity contribution is -0.129. The van der Waals surface area contributed by atoms with Gasteiger partial charge in [-0.15, -0.1) is 0 Å². The summed E-state index contributed by atoms with van der Waals surface area (Å²) < 4.78 is 1.10. The summed E-state index contributed by atoms with van der Waals surface area (Å²) in [5, 5.41) is 2.77. The van der Waals surface area contributed by atoms with Gasteiger partial charge in [0.25, 0.3) is 0 Å². The zero-order valence-corrected chi connectivity index (χ0v) is 12.5. The highest BCUT2D eigenvalue weighted by Crippen LogP contribution is 2.31. The van der Waals surface area contributed by atoms with E-state index in [2.05, 4.69) is 50.4 Å². The van der Waals surface area contributed by atoms with Crippen LogP contribution in [0.2, 0.25) is 0 Å². The van der Waals surface area contributed by atoms with Crippen molar-refractivity contribution >= 4 is 21.8 Å². The third kappa shape index (κ3) is 2.93. The van der Waals surface area contributed by atoms with Gasteiger partial charge in [-0.3, -0.25) is 9.69 Å². The molecule has 1 heterocycles. The van der Waals surface area contributed by atoms with Crippen molar-refractivity contribution in [2.45, 2.75) is 19.9 Å². The monoisotopic (exact) mass is 310 g/mol. The standard InChI is InChI=1S/C14H19BrN2O/c1-14(13(18)16-2)7-8-17(10-14)9-11-3-5-12(15)6-4-11/h3-6H,7-10H2,1-2H3,(H,16,18). The van der Waals surface area contributed by atoms with Crippen LogP contribution in [-0.2, 0) is 11.3 Å². The molecule has 18 heavy (non-hydrogen) atoms. The molecule has 0 radical (unpaired) electrons. The van der Waals surface area contributed by atoms with Gasteiger partial charge in [0.1, 0.15) is 0 Å². The Hall–Kier alpha value is -0.870. The molecule has 1 unspecified atom stereocenters. The van der Waals surface area contributed by atoms with Gasteiger partial charge in [-0.25, -0.2) is 0 Å². The number of carbonyl (C=O) groups excluding carboxylic acids is 1. The molecule has 1 N–H and O–H groups in total. The molecule has 1 aromatic rings. The fourth-order valence-electron chi connectivity index (χ4n) is 2.53. The van der Waals surface area contributed by atoms with Crippen LogP contribution in [0.1, 0.15) is 18.9 Å². The topological polar surface area (TPSA) is 32.3 Å². The Morgan fingerprint density at radius 3 is 2.72 bits per heavy atom. The van der Waals surface area contributed by atoms with E-state index in [9.17, 15) is 4.79 Å². The molecule has 0 aromatic heterocycles. The second kappa shape index (κ2) is 5.41. The van der Waals surface area contributed by atoms with Crippen molar-refractivity contribution in [1.29, 1.82) is 0 Å². The first-order chi connectivity index (χ1) is 8.53. The molecule has 1 aliphatic rings. The van der Waals surface area contributed by atoms with Gasteiger partial charge in [0.2, 0.25) is 5.91 Å². The number of hydrogen-bond donors (Lipinski definition) is 1. The number of amides is 1. The Labute approximate surface area is 117 Å². The van der Waals surface area contributed by atoms with Crippen LogP contribution < -0.4 is 5.32 Å². The summed E-state index contributed by atoms with van der Waals surface area (Å²) in [5.41, 5.74) is 1.06. The van der Waals surface area contributed by atoms with Crippen LogP contribution in [0, 0.1) is 5.41 Å². The second-order valence-electron chi connectivity index (χ2n) is 5.23. The maximum Gasteiger partial charge on any atom is 0.227 e. The van der Waals surface area contributed by atoms with Gasteiger partial charge in [-0.1, -0.05) is 28.1 Å².